The number of ether oxygens (including phenoxy) is 1. The van der Waals surface area contributed by atoms with Crippen LogP contribution in [0.25, 0.3) is 0 Å². The number of carbonyl (C=O) groups excluding carboxylic acids is 1. The van der Waals surface area contributed by atoms with Gasteiger partial charge in [0.05, 0.1) is 13.5 Å². The van der Waals surface area contributed by atoms with E-state index in [4.69, 9.17) is 4.74 Å². The van der Waals surface area contributed by atoms with Crippen molar-refractivity contribution < 1.29 is 9.53 Å². The number of nitrogens with zero attached hydrogens (tertiary/aromatic N) is 4. The van der Waals surface area contributed by atoms with E-state index >= 15 is 0 Å². The molecule has 0 amide bonds. The van der Waals surface area contributed by atoms with Crippen molar-refractivity contribution in [1.29, 1.82) is 0 Å². The molecule has 1 aromatic rings. The summed E-state index contributed by atoms with van der Waals surface area (Å²) in [5.41, 5.74) is -0.742. The van der Waals surface area contributed by atoms with Crippen LogP contribution in [0.1, 0.15) is 33.0 Å². The van der Waals surface area contributed by atoms with Gasteiger partial charge in [-0.2, -0.15) is 4.80 Å². The fourth-order valence-electron chi connectivity index (χ4n) is 1.42. The van der Waals surface area contributed by atoms with Crippen LogP contribution >= 0.6 is 0 Å². The van der Waals surface area contributed by atoms with Gasteiger partial charge in [0, 0.05) is 6.61 Å². The number of rotatable bonds is 6. The lowest BCUT2D eigenvalue weighted by Crippen LogP contribution is -2.39. The second-order valence-corrected chi connectivity index (χ2v) is 3.81. The molecule has 1 unspecified atom stereocenters. The molecule has 90 valence electrons. The molecule has 16 heavy (non-hydrogen) atoms. The summed E-state index contributed by atoms with van der Waals surface area (Å²) in [5.74, 6) is 0.428. The van der Waals surface area contributed by atoms with Crippen molar-refractivity contribution in [3.8, 4) is 0 Å². The van der Waals surface area contributed by atoms with Gasteiger partial charge in [0.1, 0.15) is 5.60 Å². The van der Waals surface area contributed by atoms with Gasteiger partial charge in [-0.1, -0.05) is 6.92 Å². The van der Waals surface area contributed by atoms with E-state index in [1.54, 1.807) is 14.0 Å². The third kappa shape index (κ3) is 2.85. The van der Waals surface area contributed by atoms with E-state index in [0.29, 0.717) is 18.9 Å². The molecule has 0 radical (unpaired) electrons. The maximum absolute atomic E-state index is 12.0. The van der Waals surface area contributed by atoms with Gasteiger partial charge in [-0.25, -0.2) is 0 Å². The maximum Gasteiger partial charge on any atom is 0.182 e. The zero-order valence-electron chi connectivity index (χ0n) is 10.2. The van der Waals surface area contributed by atoms with Gasteiger partial charge in [-0.15, -0.1) is 10.2 Å². The second-order valence-electron chi connectivity index (χ2n) is 3.81. The summed E-state index contributed by atoms with van der Waals surface area (Å²) in [7, 11) is 1.67. The number of tetrazole rings is 1. The van der Waals surface area contributed by atoms with Crippen molar-refractivity contribution in [2.24, 2.45) is 7.05 Å². The molecule has 1 atom stereocenters. The second kappa shape index (κ2) is 5.16. The van der Waals surface area contributed by atoms with Crippen LogP contribution in [0.2, 0.25) is 0 Å². The Bertz CT molecular complexity index is 363. The van der Waals surface area contributed by atoms with Crippen LogP contribution in [-0.2, 0) is 23.0 Å². The largest absolute Gasteiger partial charge is 0.368 e. The lowest BCUT2D eigenvalue weighted by atomic mass is 9.95. The van der Waals surface area contributed by atoms with Crippen LogP contribution in [0.3, 0.4) is 0 Å². The van der Waals surface area contributed by atoms with Crippen molar-refractivity contribution in [2.75, 3.05) is 6.61 Å². The minimum absolute atomic E-state index is 0.00940. The summed E-state index contributed by atoms with van der Waals surface area (Å²) in [6.07, 6.45) is 0.804. The number of Topliss-reactive ketones (excluding diaryl/α,β-unsaturated/α-hetero) is 1. The van der Waals surface area contributed by atoms with Crippen LogP contribution in [0, 0.1) is 0 Å². The SMILES string of the molecule is CCOC(C)(CC)C(=O)Cc1nnn(C)n1. The Morgan fingerprint density at radius 2 is 2.19 bits per heavy atom. The molecule has 0 aliphatic carbocycles. The molecule has 0 spiro atoms. The molecule has 0 N–H and O–H groups in total. The number of carbonyl (C=O) groups is 1. The molecule has 6 nitrogen and oxygen atoms in total. The number of hydrogen-bond acceptors (Lipinski definition) is 5. The lowest BCUT2D eigenvalue weighted by Gasteiger charge is -2.25. The molecule has 0 aliphatic rings. The van der Waals surface area contributed by atoms with Gasteiger partial charge < -0.3 is 4.74 Å². The van der Waals surface area contributed by atoms with Crippen LogP contribution < -0.4 is 0 Å². The topological polar surface area (TPSA) is 69.9 Å². The molecule has 1 aromatic heterocycles. The predicted octanol–water partition coefficient (Wildman–Crippen LogP) is 0.527. The molecule has 0 fully saturated rings. The Hall–Kier alpha value is -1.30. The monoisotopic (exact) mass is 226 g/mol. The minimum atomic E-state index is -0.742. The molecule has 1 rings (SSSR count). The lowest BCUT2D eigenvalue weighted by molar-refractivity contribution is -0.141. The van der Waals surface area contributed by atoms with Gasteiger partial charge in [-0.3, -0.25) is 4.79 Å². The zero-order chi connectivity index (χ0) is 12.2. The first kappa shape index (κ1) is 12.8. The van der Waals surface area contributed by atoms with E-state index in [0.717, 1.165) is 0 Å². The van der Waals surface area contributed by atoms with E-state index in [1.807, 2.05) is 13.8 Å². The Morgan fingerprint density at radius 3 is 2.62 bits per heavy atom. The molecule has 0 saturated carbocycles. The molecular formula is C10H18N4O2. The average molecular weight is 226 g/mol. The minimum Gasteiger partial charge on any atom is -0.368 e. The summed E-state index contributed by atoms with van der Waals surface area (Å²) in [5, 5.41) is 11.5. The molecule has 0 aliphatic heterocycles. The highest BCUT2D eigenvalue weighted by molar-refractivity contribution is 5.88. The van der Waals surface area contributed by atoms with Crippen molar-refractivity contribution in [1.82, 2.24) is 20.2 Å². The van der Waals surface area contributed by atoms with E-state index in [2.05, 4.69) is 15.4 Å². The van der Waals surface area contributed by atoms with Crippen LogP contribution in [0.15, 0.2) is 0 Å². The number of hydrogen-bond donors (Lipinski definition) is 0. The molecular weight excluding hydrogens is 208 g/mol. The molecule has 6 heteroatoms. The Kier molecular flexibility index (Phi) is 4.12. The van der Waals surface area contributed by atoms with E-state index in [-0.39, 0.29) is 12.2 Å². The third-order valence-corrected chi connectivity index (χ3v) is 2.60. The van der Waals surface area contributed by atoms with Gasteiger partial charge in [0.15, 0.2) is 11.6 Å². The molecule has 0 saturated heterocycles. The van der Waals surface area contributed by atoms with Crippen LogP contribution in [0.5, 0.6) is 0 Å². The number of ketones is 1. The molecule has 1 heterocycles. The van der Waals surface area contributed by atoms with Gasteiger partial charge >= 0.3 is 0 Å². The Morgan fingerprint density at radius 1 is 1.50 bits per heavy atom. The van der Waals surface area contributed by atoms with Gasteiger partial charge in [0.25, 0.3) is 0 Å². The first-order valence-corrected chi connectivity index (χ1v) is 5.42. The average Bonchev–Trinajstić information content (AvgIpc) is 2.64. The van der Waals surface area contributed by atoms with Crippen LogP contribution in [-0.4, -0.2) is 38.2 Å². The van der Waals surface area contributed by atoms with Crippen molar-refractivity contribution in [3.63, 3.8) is 0 Å². The highest BCUT2D eigenvalue weighted by Gasteiger charge is 2.32. The first-order chi connectivity index (χ1) is 7.51. The van der Waals surface area contributed by atoms with Crippen LogP contribution in [0.4, 0.5) is 0 Å². The first-order valence-electron chi connectivity index (χ1n) is 5.42. The Balaban J connectivity index is 2.69. The molecule has 0 bridgehead atoms. The normalized spacial score (nSPS) is 14.8. The number of aromatic nitrogens is 4. The quantitative estimate of drug-likeness (QED) is 0.707. The number of aryl methyl sites for hydroxylation is 1. The van der Waals surface area contributed by atoms with E-state index in [9.17, 15) is 4.79 Å². The maximum atomic E-state index is 12.0. The van der Waals surface area contributed by atoms with Gasteiger partial charge in [0.2, 0.25) is 0 Å². The highest BCUT2D eigenvalue weighted by atomic mass is 16.5. The van der Waals surface area contributed by atoms with E-state index in [1.165, 1.54) is 4.80 Å². The summed E-state index contributed by atoms with van der Waals surface area (Å²) in [4.78, 5) is 13.4. The predicted molar refractivity (Wildman–Crippen MR) is 57.8 cm³/mol. The zero-order valence-corrected chi connectivity index (χ0v) is 10.2. The molecule has 0 aromatic carbocycles. The Labute approximate surface area is 95.0 Å². The standard InChI is InChI=1S/C10H18N4O2/c1-5-10(3,16-6-2)8(15)7-9-11-13-14(4)12-9/h5-7H2,1-4H3. The smallest absolute Gasteiger partial charge is 0.182 e. The van der Waals surface area contributed by atoms with E-state index < -0.39 is 5.60 Å². The van der Waals surface area contributed by atoms with Gasteiger partial charge in [-0.05, 0) is 25.5 Å². The highest BCUT2D eigenvalue weighted by Crippen LogP contribution is 2.18. The van der Waals surface area contributed by atoms with Crippen molar-refractivity contribution in [2.45, 2.75) is 39.2 Å². The summed E-state index contributed by atoms with van der Waals surface area (Å²) in [6, 6.07) is 0. The third-order valence-electron chi connectivity index (χ3n) is 2.60. The summed E-state index contributed by atoms with van der Waals surface area (Å²) < 4.78 is 5.49. The summed E-state index contributed by atoms with van der Waals surface area (Å²) in [6.45, 7) is 6.12. The fourth-order valence-corrected chi connectivity index (χ4v) is 1.42. The van der Waals surface area contributed by atoms with Crippen molar-refractivity contribution >= 4 is 5.78 Å². The fraction of sp³-hybridized carbons (Fsp3) is 0.800. The summed E-state index contributed by atoms with van der Waals surface area (Å²) >= 11 is 0. The van der Waals surface area contributed by atoms with Crippen molar-refractivity contribution in [3.05, 3.63) is 5.82 Å².